The van der Waals surface area contributed by atoms with Crippen LogP contribution in [-0.4, -0.2) is 24.1 Å². The number of aromatic nitrogens is 2. The van der Waals surface area contributed by atoms with Crippen molar-refractivity contribution in [2.45, 2.75) is 18.0 Å². The summed E-state index contributed by atoms with van der Waals surface area (Å²) in [5, 5.41) is 2.15. The van der Waals surface area contributed by atoms with Gasteiger partial charge in [-0.15, -0.1) is 0 Å². The second-order valence-corrected chi connectivity index (χ2v) is 8.06. The molecule has 2 aromatic carbocycles. The van der Waals surface area contributed by atoms with Gasteiger partial charge in [0.05, 0.1) is 39.3 Å². The fourth-order valence-electron chi connectivity index (χ4n) is 2.61. The van der Waals surface area contributed by atoms with Crippen LogP contribution in [0.4, 0.5) is 28.9 Å². The topological polar surface area (TPSA) is 91.9 Å². The van der Waals surface area contributed by atoms with Crippen molar-refractivity contribution in [2.24, 2.45) is 0 Å². The van der Waals surface area contributed by atoms with Crippen LogP contribution >= 0.6 is 0 Å². The highest BCUT2D eigenvalue weighted by Gasteiger charge is 2.32. The van der Waals surface area contributed by atoms with E-state index in [-0.39, 0.29) is 32.9 Å². The molecule has 0 aliphatic rings. The molecule has 0 amide bonds. The van der Waals surface area contributed by atoms with Gasteiger partial charge in [-0.05, 0) is 30.3 Å². The average Bonchev–Trinajstić information content (AvgIpc) is 2.61. The Bertz CT molecular complexity index is 1220. The molecule has 0 atom stereocenters. The van der Waals surface area contributed by atoms with Crippen LogP contribution in [0.15, 0.2) is 46.3 Å². The highest BCUT2D eigenvalue weighted by Crippen LogP contribution is 2.36. The molecule has 0 bridgehead atoms. The van der Waals surface area contributed by atoms with Crippen LogP contribution in [0.2, 0.25) is 0 Å². The predicted octanol–water partition coefficient (Wildman–Crippen LogP) is 3.62. The molecule has 1 heterocycles. The first-order valence-electron chi connectivity index (χ1n) is 7.91. The molecule has 0 aliphatic carbocycles. The van der Waals surface area contributed by atoms with E-state index in [0.29, 0.717) is 12.1 Å². The molecular formula is C17H13F4N3O3S. The minimum atomic E-state index is -4.77. The monoisotopic (exact) mass is 415 g/mol. The number of hydrogen-bond donors (Lipinski definition) is 2. The quantitative estimate of drug-likeness (QED) is 0.502. The van der Waals surface area contributed by atoms with E-state index in [4.69, 9.17) is 0 Å². The number of hydrogen-bond acceptors (Lipinski definition) is 5. The number of benzene rings is 2. The van der Waals surface area contributed by atoms with Crippen molar-refractivity contribution in [2.75, 3.05) is 11.1 Å². The Labute approximate surface area is 156 Å². The van der Waals surface area contributed by atoms with Crippen LogP contribution in [0.5, 0.6) is 0 Å². The minimum absolute atomic E-state index is 0.124. The van der Waals surface area contributed by atoms with Crippen molar-refractivity contribution in [3.63, 3.8) is 0 Å². The second-order valence-electron chi connectivity index (χ2n) is 5.82. The van der Waals surface area contributed by atoms with E-state index in [9.17, 15) is 30.8 Å². The zero-order valence-corrected chi connectivity index (χ0v) is 15.1. The molecule has 1 aromatic heterocycles. The van der Waals surface area contributed by atoms with Gasteiger partial charge in [0, 0.05) is 0 Å². The minimum Gasteiger partial charge on any atom is -0.353 e. The number of aromatic amines is 1. The first-order valence-corrected chi connectivity index (χ1v) is 9.56. The summed E-state index contributed by atoms with van der Waals surface area (Å²) in [4.78, 5) is 17.7. The molecule has 28 heavy (non-hydrogen) atoms. The zero-order chi connectivity index (χ0) is 20.7. The predicted molar refractivity (Wildman–Crippen MR) is 94.8 cm³/mol. The lowest BCUT2D eigenvalue weighted by atomic mass is 10.1. The summed E-state index contributed by atoms with van der Waals surface area (Å²) in [6.07, 6.45) is -3.77. The number of anilines is 2. The molecule has 3 rings (SSSR count). The highest BCUT2D eigenvalue weighted by atomic mass is 32.2. The van der Waals surface area contributed by atoms with Crippen molar-refractivity contribution in [1.82, 2.24) is 9.97 Å². The van der Waals surface area contributed by atoms with Crippen LogP contribution in [-0.2, 0) is 16.0 Å². The lowest BCUT2D eigenvalue weighted by Gasteiger charge is -2.15. The van der Waals surface area contributed by atoms with Gasteiger partial charge in [-0.25, -0.2) is 17.8 Å². The van der Waals surface area contributed by atoms with Gasteiger partial charge in [0.1, 0.15) is 11.3 Å². The van der Waals surface area contributed by atoms with Crippen molar-refractivity contribution in [3.8, 4) is 0 Å². The Morgan fingerprint density at radius 3 is 2.50 bits per heavy atom. The maximum Gasteiger partial charge on any atom is 0.416 e. The summed E-state index contributed by atoms with van der Waals surface area (Å²) < 4.78 is 77.9. The van der Waals surface area contributed by atoms with E-state index in [0.717, 1.165) is 24.5 Å². The Morgan fingerprint density at radius 1 is 1.14 bits per heavy atom. The number of H-pyrrole nitrogens is 1. The van der Waals surface area contributed by atoms with Crippen molar-refractivity contribution in [1.29, 1.82) is 0 Å². The summed E-state index contributed by atoms with van der Waals surface area (Å²) in [5.41, 5.74) is -2.61. The third-order valence-electron chi connectivity index (χ3n) is 4.00. The van der Waals surface area contributed by atoms with E-state index < -0.39 is 33.0 Å². The van der Waals surface area contributed by atoms with Gasteiger partial charge in [-0.1, -0.05) is 6.92 Å². The SMILES string of the molecule is CCS(=O)(=O)c1ccc(F)cc1Nc1cc(C(F)(F)F)cc2c(=O)[nH]cnc12. The molecule has 0 saturated carbocycles. The standard InChI is InChI=1S/C17H13F4N3O3S/c1-2-28(26,27)14-4-3-10(18)7-12(14)24-13-6-9(17(19,20)21)5-11-15(13)22-8-23-16(11)25/h3-8,24H,2H2,1H3,(H,22,23,25). The summed E-state index contributed by atoms with van der Waals surface area (Å²) in [5.74, 6) is -1.09. The molecule has 3 aromatic rings. The van der Waals surface area contributed by atoms with Crippen LogP contribution in [0, 0.1) is 5.82 Å². The molecule has 6 nitrogen and oxygen atoms in total. The first kappa shape index (κ1) is 19.8. The van der Waals surface area contributed by atoms with E-state index in [1.807, 2.05) is 0 Å². The molecular weight excluding hydrogens is 402 g/mol. The van der Waals surface area contributed by atoms with Crippen molar-refractivity contribution in [3.05, 3.63) is 58.4 Å². The van der Waals surface area contributed by atoms with Gasteiger partial charge in [-0.3, -0.25) is 4.79 Å². The molecule has 0 fully saturated rings. The Balaban J connectivity index is 2.28. The number of fused-ring (bicyclic) bond motifs is 1. The largest absolute Gasteiger partial charge is 0.416 e. The number of nitrogens with zero attached hydrogens (tertiary/aromatic N) is 1. The Kier molecular flexibility index (Phi) is 4.88. The summed E-state index contributed by atoms with van der Waals surface area (Å²) >= 11 is 0. The van der Waals surface area contributed by atoms with Gasteiger partial charge in [0.2, 0.25) is 0 Å². The number of nitrogens with one attached hydrogen (secondary N) is 2. The first-order chi connectivity index (χ1) is 13.0. The maximum absolute atomic E-state index is 13.7. The number of rotatable bonds is 4. The molecule has 0 radical (unpaired) electrons. The van der Waals surface area contributed by atoms with Crippen molar-refractivity contribution >= 4 is 32.1 Å². The fourth-order valence-corrected chi connectivity index (χ4v) is 3.64. The van der Waals surface area contributed by atoms with E-state index in [2.05, 4.69) is 15.3 Å². The van der Waals surface area contributed by atoms with Crippen LogP contribution in [0.25, 0.3) is 10.9 Å². The Morgan fingerprint density at radius 2 is 1.86 bits per heavy atom. The number of alkyl halides is 3. The molecule has 148 valence electrons. The van der Waals surface area contributed by atoms with Crippen LogP contribution in [0.1, 0.15) is 12.5 Å². The van der Waals surface area contributed by atoms with Gasteiger partial charge < -0.3 is 10.3 Å². The third-order valence-corrected chi connectivity index (χ3v) is 5.78. The molecule has 0 spiro atoms. The van der Waals surface area contributed by atoms with Gasteiger partial charge in [0.15, 0.2) is 9.84 Å². The maximum atomic E-state index is 13.7. The molecule has 0 aliphatic heterocycles. The summed E-state index contributed by atoms with van der Waals surface area (Å²) in [6, 6.07) is 4.12. The van der Waals surface area contributed by atoms with E-state index >= 15 is 0 Å². The van der Waals surface area contributed by atoms with E-state index in [1.165, 1.54) is 6.92 Å². The molecule has 0 unspecified atom stereocenters. The Hall–Kier alpha value is -2.95. The average molecular weight is 415 g/mol. The van der Waals surface area contributed by atoms with Crippen LogP contribution in [0.3, 0.4) is 0 Å². The number of halogens is 4. The number of sulfone groups is 1. The fraction of sp³-hybridized carbons (Fsp3) is 0.176. The lowest BCUT2D eigenvalue weighted by Crippen LogP contribution is -2.13. The smallest absolute Gasteiger partial charge is 0.353 e. The normalized spacial score (nSPS) is 12.3. The van der Waals surface area contributed by atoms with E-state index in [1.54, 1.807) is 0 Å². The zero-order valence-electron chi connectivity index (χ0n) is 14.3. The lowest BCUT2D eigenvalue weighted by molar-refractivity contribution is -0.137. The molecule has 11 heteroatoms. The summed E-state index contributed by atoms with van der Waals surface area (Å²) in [6.45, 7) is 1.38. The highest BCUT2D eigenvalue weighted by molar-refractivity contribution is 7.91. The second kappa shape index (κ2) is 6.89. The van der Waals surface area contributed by atoms with Crippen LogP contribution < -0.4 is 10.9 Å². The van der Waals surface area contributed by atoms with Gasteiger partial charge in [-0.2, -0.15) is 13.2 Å². The summed E-state index contributed by atoms with van der Waals surface area (Å²) in [7, 11) is -3.81. The third kappa shape index (κ3) is 3.70. The van der Waals surface area contributed by atoms with Gasteiger partial charge >= 0.3 is 6.18 Å². The molecule has 2 N–H and O–H groups in total. The van der Waals surface area contributed by atoms with Gasteiger partial charge in [0.25, 0.3) is 5.56 Å². The van der Waals surface area contributed by atoms with Crippen molar-refractivity contribution < 1.29 is 26.0 Å². The molecule has 0 saturated heterocycles.